The van der Waals surface area contributed by atoms with Crippen molar-refractivity contribution in [3.8, 4) is 16.9 Å². The second kappa shape index (κ2) is 8.20. The largest absolute Gasteiger partial charge is 0.573 e. The molecular weight excluding hydrogens is 399 g/mol. The molecule has 0 spiro atoms. The minimum absolute atomic E-state index is 0.177. The molecule has 0 aromatic heterocycles. The van der Waals surface area contributed by atoms with E-state index >= 15 is 0 Å². The zero-order chi connectivity index (χ0) is 21.5. The average Bonchev–Trinajstić information content (AvgIpc) is 2.69. The standard InChI is InChI=1S/C24H25F5O/c1-14-2-3-19-11-18(9-8-17(19)10-14)15-4-6-16(7-5-15)20-12-21(25)23(22(26)13-20)30-24(27,28)29/h4-7,12-14,17-19H,2-3,8-11H2,1H3. The predicted molar refractivity (Wildman–Crippen MR) is 105 cm³/mol. The van der Waals surface area contributed by atoms with Gasteiger partial charge in [0.05, 0.1) is 0 Å². The third-order valence-corrected chi connectivity index (χ3v) is 6.81. The van der Waals surface area contributed by atoms with Crippen LogP contribution in [0.1, 0.15) is 56.9 Å². The van der Waals surface area contributed by atoms with E-state index in [2.05, 4.69) is 11.7 Å². The molecule has 6 heteroatoms. The molecule has 1 nitrogen and oxygen atoms in total. The number of rotatable bonds is 3. The van der Waals surface area contributed by atoms with E-state index in [1.807, 2.05) is 12.1 Å². The Morgan fingerprint density at radius 1 is 0.800 bits per heavy atom. The topological polar surface area (TPSA) is 9.23 Å². The second-order valence-corrected chi connectivity index (χ2v) is 8.89. The monoisotopic (exact) mass is 424 g/mol. The number of benzene rings is 2. The molecule has 4 rings (SSSR count). The first-order valence-electron chi connectivity index (χ1n) is 10.5. The molecule has 2 aromatic carbocycles. The van der Waals surface area contributed by atoms with Gasteiger partial charge >= 0.3 is 6.36 Å². The van der Waals surface area contributed by atoms with Crippen molar-refractivity contribution in [1.82, 2.24) is 0 Å². The van der Waals surface area contributed by atoms with Gasteiger partial charge < -0.3 is 4.74 Å². The van der Waals surface area contributed by atoms with Crippen LogP contribution in [0, 0.1) is 29.4 Å². The van der Waals surface area contributed by atoms with Crippen molar-refractivity contribution < 1.29 is 26.7 Å². The van der Waals surface area contributed by atoms with Crippen molar-refractivity contribution in [3.63, 3.8) is 0 Å². The van der Waals surface area contributed by atoms with Gasteiger partial charge in [0.25, 0.3) is 0 Å². The van der Waals surface area contributed by atoms with E-state index in [4.69, 9.17) is 0 Å². The fourth-order valence-electron chi connectivity index (χ4n) is 5.31. The third kappa shape index (κ3) is 4.62. The summed E-state index contributed by atoms with van der Waals surface area (Å²) >= 11 is 0. The van der Waals surface area contributed by atoms with Crippen LogP contribution in [0.15, 0.2) is 36.4 Å². The lowest BCUT2D eigenvalue weighted by atomic mass is 9.64. The molecule has 0 radical (unpaired) electrons. The highest BCUT2D eigenvalue weighted by atomic mass is 19.4. The van der Waals surface area contributed by atoms with E-state index in [0.29, 0.717) is 11.5 Å². The van der Waals surface area contributed by atoms with Crippen LogP contribution in [0.4, 0.5) is 22.0 Å². The highest BCUT2D eigenvalue weighted by molar-refractivity contribution is 5.65. The lowest BCUT2D eigenvalue weighted by Crippen LogP contribution is -2.29. The predicted octanol–water partition coefficient (Wildman–Crippen LogP) is 7.85. The summed E-state index contributed by atoms with van der Waals surface area (Å²) in [5, 5.41) is 0. The minimum atomic E-state index is -5.15. The Hall–Kier alpha value is -2.11. The van der Waals surface area contributed by atoms with E-state index in [1.54, 1.807) is 12.1 Å². The molecule has 2 fully saturated rings. The number of halogens is 5. The van der Waals surface area contributed by atoms with Crippen molar-refractivity contribution in [2.24, 2.45) is 17.8 Å². The van der Waals surface area contributed by atoms with Crippen LogP contribution < -0.4 is 4.74 Å². The van der Waals surface area contributed by atoms with Crippen LogP contribution in [-0.2, 0) is 0 Å². The quantitative estimate of drug-likeness (QED) is 0.456. The molecule has 2 aliphatic carbocycles. The smallest absolute Gasteiger partial charge is 0.399 e. The Morgan fingerprint density at radius 2 is 1.40 bits per heavy atom. The summed E-state index contributed by atoms with van der Waals surface area (Å²) in [7, 11) is 0. The lowest BCUT2D eigenvalue weighted by Gasteiger charge is -2.41. The van der Waals surface area contributed by atoms with Crippen LogP contribution in [0.2, 0.25) is 0 Å². The van der Waals surface area contributed by atoms with Crippen LogP contribution in [-0.4, -0.2) is 6.36 Å². The number of ether oxygens (including phenoxy) is 1. The molecular formula is C24H25F5O. The summed E-state index contributed by atoms with van der Waals surface area (Å²) in [6.07, 6.45) is 2.37. The third-order valence-electron chi connectivity index (χ3n) is 6.81. The number of hydrogen-bond donors (Lipinski definition) is 0. The van der Waals surface area contributed by atoms with Crippen LogP contribution >= 0.6 is 0 Å². The zero-order valence-corrected chi connectivity index (χ0v) is 16.8. The summed E-state index contributed by atoms with van der Waals surface area (Å²) in [4.78, 5) is 0. The van der Waals surface area contributed by atoms with E-state index in [9.17, 15) is 22.0 Å². The fourth-order valence-corrected chi connectivity index (χ4v) is 5.31. The Bertz CT molecular complexity index is 866. The Balaban J connectivity index is 1.49. The summed E-state index contributed by atoms with van der Waals surface area (Å²) in [6, 6.07) is 9.25. The molecule has 0 heterocycles. The maximum atomic E-state index is 14.0. The van der Waals surface area contributed by atoms with Gasteiger partial charge in [-0.1, -0.05) is 37.6 Å². The first kappa shape index (κ1) is 21.1. The molecule has 0 N–H and O–H groups in total. The average molecular weight is 424 g/mol. The van der Waals surface area contributed by atoms with Gasteiger partial charge in [-0.25, -0.2) is 8.78 Å². The first-order valence-corrected chi connectivity index (χ1v) is 10.5. The molecule has 2 saturated carbocycles. The van der Waals surface area contributed by atoms with Crippen molar-refractivity contribution in [1.29, 1.82) is 0 Å². The van der Waals surface area contributed by atoms with E-state index in [0.717, 1.165) is 36.3 Å². The van der Waals surface area contributed by atoms with Gasteiger partial charge in [-0.05, 0) is 84.6 Å². The summed E-state index contributed by atoms with van der Waals surface area (Å²) in [6.45, 7) is 2.34. The molecule has 2 aromatic rings. The zero-order valence-electron chi connectivity index (χ0n) is 16.8. The van der Waals surface area contributed by atoms with Gasteiger partial charge in [-0.2, -0.15) is 0 Å². The second-order valence-electron chi connectivity index (χ2n) is 8.89. The summed E-state index contributed by atoms with van der Waals surface area (Å²) in [5.41, 5.74) is 1.94. The molecule has 4 unspecified atom stereocenters. The van der Waals surface area contributed by atoms with Crippen molar-refractivity contribution >= 4 is 0 Å². The van der Waals surface area contributed by atoms with Crippen molar-refractivity contribution in [2.75, 3.05) is 0 Å². The van der Waals surface area contributed by atoms with Gasteiger partial charge in [0, 0.05) is 0 Å². The lowest BCUT2D eigenvalue weighted by molar-refractivity contribution is -0.276. The molecule has 0 bridgehead atoms. The first-order chi connectivity index (χ1) is 14.2. The Morgan fingerprint density at radius 3 is 2.03 bits per heavy atom. The van der Waals surface area contributed by atoms with E-state index < -0.39 is 23.7 Å². The van der Waals surface area contributed by atoms with Gasteiger partial charge in [-0.15, -0.1) is 13.2 Å². The molecule has 2 aliphatic rings. The van der Waals surface area contributed by atoms with Crippen molar-refractivity contribution in [2.45, 2.75) is 57.7 Å². The van der Waals surface area contributed by atoms with Crippen LogP contribution in [0.5, 0.6) is 5.75 Å². The van der Waals surface area contributed by atoms with Gasteiger partial charge in [0.2, 0.25) is 5.75 Å². The minimum Gasteiger partial charge on any atom is -0.399 e. The highest BCUT2D eigenvalue weighted by Gasteiger charge is 2.35. The molecule has 0 saturated heterocycles. The maximum Gasteiger partial charge on any atom is 0.573 e. The number of alkyl halides is 3. The normalized spacial score (nSPS) is 26.9. The molecule has 0 aliphatic heterocycles. The molecule has 0 amide bonds. The van der Waals surface area contributed by atoms with E-state index in [1.165, 1.54) is 37.7 Å². The maximum absolute atomic E-state index is 14.0. The fraction of sp³-hybridized carbons (Fsp3) is 0.500. The number of hydrogen-bond acceptors (Lipinski definition) is 1. The van der Waals surface area contributed by atoms with Crippen LogP contribution in [0.3, 0.4) is 0 Å². The summed E-state index contributed by atoms with van der Waals surface area (Å²) in [5.74, 6) is -1.24. The van der Waals surface area contributed by atoms with E-state index in [-0.39, 0.29) is 5.56 Å². The summed E-state index contributed by atoms with van der Waals surface area (Å²) < 4.78 is 68.4. The van der Waals surface area contributed by atoms with Crippen LogP contribution in [0.25, 0.3) is 11.1 Å². The SMILES string of the molecule is CC1CCC2CC(c3ccc(-c4cc(F)c(OC(F)(F)F)c(F)c4)cc3)CCC2C1. The molecule has 162 valence electrons. The molecule has 4 atom stereocenters. The van der Waals surface area contributed by atoms with Gasteiger partial charge in [0.15, 0.2) is 11.6 Å². The van der Waals surface area contributed by atoms with Gasteiger partial charge in [0.1, 0.15) is 0 Å². The Kier molecular flexibility index (Phi) is 5.78. The highest BCUT2D eigenvalue weighted by Crippen LogP contribution is 2.47. The van der Waals surface area contributed by atoms with Gasteiger partial charge in [-0.3, -0.25) is 0 Å². The Labute approximate surface area is 173 Å². The molecule has 30 heavy (non-hydrogen) atoms. The number of fused-ring (bicyclic) bond motifs is 1. The van der Waals surface area contributed by atoms with Crippen molar-refractivity contribution in [3.05, 3.63) is 53.6 Å².